The predicted octanol–water partition coefficient (Wildman–Crippen LogP) is 4.33. The third-order valence-corrected chi connectivity index (χ3v) is 4.87. The van der Waals surface area contributed by atoms with Crippen LogP contribution in [0, 0.1) is 37.8 Å². The summed E-state index contributed by atoms with van der Waals surface area (Å²) in [6.07, 6.45) is 0. The van der Waals surface area contributed by atoms with Crippen LogP contribution in [0.15, 0.2) is 42.5 Å². The van der Waals surface area contributed by atoms with Gasteiger partial charge in [0.15, 0.2) is 0 Å². The molecular formula is C21H22N4O3. The second-order valence-electron chi connectivity index (χ2n) is 6.84. The van der Waals surface area contributed by atoms with Gasteiger partial charge in [0.05, 0.1) is 28.5 Å². The highest BCUT2D eigenvalue weighted by molar-refractivity contribution is 6.05. The normalized spacial score (nSPS) is 10.7. The largest absolute Gasteiger partial charge is 0.319 e. The third-order valence-electron chi connectivity index (χ3n) is 4.87. The molecule has 1 aromatic heterocycles. The van der Waals surface area contributed by atoms with Gasteiger partial charge in [0.2, 0.25) is 0 Å². The van der Waals surface area contributed by atoms with Crippen molar-refractivity contribution >= 4 is 17.3 Å². The van der Waals surface area contributed by atoms with Crippen LogP contribution in [0.1, 0.15) is 38.4 Å². The van der Waals surface area contributed by atoms with Crippen LogP contribution < -0.4 is 5.32 Å². The quantitative estimate of drug-likeness (QED) is 0.529. The van der Waals surface area contributed by atoms with Gasteiger partial charge in [-0.3, -0.25) is 19.6 Å². The molecule has 3 aromatic rings. The summed E-state index contributed by atoms with van der Waals surface area (Å²) in [6, 6.07) is 12.5. The molecule has 0 fully saturated rings. The number of nitro benzene ring substituents is 1. The van der Waals surface area contributed by atoms with Crippen molar-refractivity contribution in [3.63, 3.8) is 0 Å². The van der Waals surface area contributed by atoms with Crippen molar-refractivity contribution in [3.8, 4) is 0 Å². The second kappa shape index (κ2) is 7.64. The number of nitrogens with one attached hydrogen (secondary N) is 1. The van der Waals surface area contributed by atoms with Crippen molar-refractivity contribution in [2.45, 2.75) is 34.2 Å². The molecule has 0 saturated carbocycles. The van der Waals surface area contributed by atoms with Gasteiger partial charge in [-0.2, -0.15) is 5.10 Å². The van der Waals surface area contributed by atoms with Crippen LogP contribution in [0.5, 0.6) is 0 Å². The van der Waals surface area contributed by atoms with Gasteiger partial charge in [0.25, 0.3) is 11.6 Å². The van der Waals surface area contributed by atoms with Gasteiger partial charge in [-0.1, -0.05) is 30.3 Å². The fourth-order valence-electron chi connectivity index (χ4n) is 3.11. The van der Waals surface area contributed by atoms with E-state index in [1.54, 1.807) is 19.1 Å². The number of hydrogen-bond acceptors (Lipinski definition) is 4. The minimum atomic E-state index is -0.483. The molecule has 1 amide bonds. The summed E-state index contributed by atoms with van der Waals surface area (Å²) in [5.41, 5.74) is 5.16. The molecule has 1 heterocycles. The van der Waals surface area contributed by atoms with E-state index >= 15 is 0 Å². The van der Waals surface area contributed by atoms with Crippen LogP contribution in [-0.2, 0) is 6.54 Å². The third kappa shape index (κ3) is 3.78. The first-order valence-corrected chi connectivity index (χ1v) is 8.93. The minimum Gasteiger partial charge on any atom is -0.319 e. The van der Waals surface area contributed by atoms with E-state index in [4.69, 9.17) is 0 Å². The molecule has 7 nitrogen and oxygen atoms in total. The Labute approximate surface area is 163 Å². The number of amides is 1. The number of anilines is 1. The van der Waals surface area contributed by atoms with Crippen LogP contribution in [0.4, 0.5) is 11.4 Å². The van der Waals surface area contributed by atoms with E-state index in [0.717, 1.165) is 11.3 Å². The molecule has 2 aromatic carbocycles. The number of benzene rings is 2. The Morgan fingerprint density at radius 3 is 2.50 bits per heavy atom. The van der Waals surface area contributed by atoms with E-state index < -0.39 is 10.8 Å². The van der Waals surface area contributed by atoms with Crippen molar-refractivity contribution in [2.24, 2.45) is 0 Å². The lowest BCUT2D eigenvalue weighted by Gasteiger charge is -2.09. The molecule has 0 saturated heterocycles. The molecule has 0 aliphatic rings. The van der Waals surface area contributed by atoms with Gasteiger partial charge in [0.1, 0.15) is 0 Å². The Balaban J connectivity index is 1.86. The molecule has 0 aliphatic carbocycles. The van der Waals surface area contributed by atoms with Gasteiger partial charge in [0, 0.05) is 17.2 Å². The molecular weight excluding hydrogens is 356 g/mol. The lowest BCUT2D eigenvalue weighted by Crippen LogP contribution is -2.14. The zero-order valence-corrected chi connectivity index (χ0v) is 16.3. The number of nitro groups is 1. The molecule has 0 aliphatic heterocycles. The SMILES string of the molecule is Cc1ccccc1Cn1nc(C)c(NC(=O)c2ccc(C)c([N+](=O)[O-])c2)c1C. The first-order valence-electron chi connectivity index (χ1n) is 8.93. The average Bonchev–Trinajstić information content (AvgIpc) is 2.91. The van der Waals surface area contributed by atoms with E-state index in [1.165, 1.54) is 11.6 Å². The van der Waals surface area contributed by atoms with Crippen LogP contribution in [0.2, 0.25) is 0 Å². The monoisotopic (exact) mass is 378 g/mol. The number of carbonyl (C=O) groups excluding carboxylic acids is 1. The summed E-state index contributed by atoms with van der Waals surface area (Å²) in [5.74, 6) is -0.398. The van der Waals surface area contributed by atoms with E-state index in [2.05, 4.69) is 16.5 Å². The second-order valence-corrected chi connectivity index (χ2v) is 6.84. The predicted molar refractivity (Wildman–Crippen MR) is 108 cm³/mol. The highest BCUT2D eigenvalue weighted by Crippen LogP contribution is 2.24. The first-order chi connectivity index (χ1) is 13.3. The van der Waals surface area contributed by atoms with Crippen molar-refractivity contribution in [1.82, 2.24) is 9.78 Å². The molecule has 0 radical (unpaired) electrons. The Kier molecular flexibility index (Phi) is 5.26. The molecule has 7 heteroatoms. The van der Waals surface area contributed by atoms with Crippen molar-refractivity contribution in [3.05, 3.63) is 86.2 Å². The minimum absolute atomic E-state index is 0.0728. The van der Waals surface area contributed by atoms with E-state index in [9.17, 15) is 14.9 Å². The van der Waals surface area contributed by atoms with Crippen LogP contribution in [-0.4, -0.2) is 20.6 Å². The van der Waals surface area contributed by atoms with E-state index in [1.807, 2.05) is 43.7 Å². The first kappa shape index (κ1) is 19.3. The average molecular weight is 378 g/mol. The van der Waals surface area contributed by atoms with E-state index in [-0.39, 0.29) is 11.3 Å². The molecule has 0 unspecified atom stereocenters. The Hall–Kier alpha value is -3.48. The molecule has 28 heavy (non-hydrogen) atoms. The van der Waals surface area contributed by atoms with Crippen molar-refractivity contribution < 1.29 is 9.72 Å². The maximum absolute atomic E-state index is 12.7. The molecule has 3 rings (SSSR count). The smallest absolute Gasteiger partial charge is 0.273 e. The number of aryl methyl sites for hydroxylation is 3. The van der Waals surface area contributed by atoms with Crippen LogP contribution in [0.3, 0.4) is 0 Å². The molecule has 0 spiro atoms. The summed E-state index contributed by atoms with van der Waals surface area (Å²) >= 11 is 0. The van der Waals surface area contributed by atoms with Gasteiger partial charge in [-0.25, -0.2) is 0 Å². The number of hydrogen-bond donors (Lipinski definition) is 1. The number of rotatable bonds is 5. The highest BCUT2D eigenvalue weighted by Gasteiger charge is 2.18. The van der Waals surface area contributed by atoms with Crippen LogP contribution in [0.25, 0.3) is 0 Å². The fourth-order valence-corrected chi connectivity index (χ4v) is 3.11. The summed E-state index contributed by atoms with van der Waals surface area (Å²) in [7, 11) is 0. The summed E-state index contributed by atoms with van der Waals surface area (Å²) in [5, 5.41) is 18.5. The van der Waals surface area contributed by atoms with Gasteiger partial charge in [-0.05, 0) is 44.9 Å². The molecule has 0 bridgehead atoms. The Morgan fingerprint density at radius 1 is 1.11 bits per heavy atom. The highest BCUT2D eigenvalue weighted by atomic mass is 16.6. The summed E-state index contributed by atoms with van der Waals surface area (Å²) in [6.45, 7) is 8.02. The van der Waals surface area contributed by atoms with Crippen molar-refractivity contribution in [1.29, 1.82) is 0 Å². The number of carbonyl (C=O) groups is 1. The van der Waals surface area contributed by atoms with Crippen molar-refractivity contribution in [2.75, 3.05) is 5.32 Å². The molecule has 1 N–H and O–H groups in total. The topological polar surface area (TPSA) is 90.1 Å². The maximum Gasteiger partial charge on any atom is 0.273 e. The fraction of sp³-hybridized carbons (Fsp3) is 0.238. The number of nitrogens with zero attached hydrogens (tertiary/aromatic N) is 3. The zero-order chi connectivity index (χ0) is 20.4. The zero-order valence-electron chi connectivity index (χ0n) is 16.3. The number of aromatic nitrogens is 2. The summed E-state index contributed by atoms with van der Waals surface area (Å²) in [4.78, 5) is 23.3. The Morgan fingerprint density at radius 2 is 1.82 bits per heavy atom. The standard InChI is InChI=1S/C21H22N4O3/c1-13-7-5-6-8-18(13)12-24-16(4)20(15(3)23-24)22-21(26)17-10-9-14(2)19(11-17)25(27)28/h5-11H,12H2,1-4H3,(H,22,26). The Bertz CT molecular complexity index is 1070. The van der Waals surface area contributed by atoms with Crippen LogP contribution >= 0.6 is 0 Å². The maximum atomic E-state index is 12.7. The lowest BCUT2D eigenvalue weighted by molar-refractivity contribution is -0.385. The van der Waals surface area contributed by atoms with Gasteiger partial charge >= 0.3 is 0 Å². The lowest BCUT2D eigenvalue weighted by atomic mass is 10.1. The van der Waals surface area contributed by atoms with E-state index in [0.29, 0.717) is 23.5 Å². The van der Waals surface area contributed by atoms with Gasteiger partial charge in [-0.15, -0.1) is 0 Å². The molecule has 0 atom stereocenters. The van der Waals surface area contributed by atoms with Gasteiger partial charge < -0.3 is 5.32 Å². The molecule has 144 valence electrons. The summed E-state index contributed by atoms with van der Waals surface area (Å²) < 4.78 is 1.85.